The first-order valence-electron chi connectivity index (χ1n) is 4.24. The van der Waals surface area contributed by atoms with Gasteiger partial charge in [0.15, 0.2) is 0 Å². The van der Waals surface area contributed by atoms with E-state index >= 15 is 0 Å². The second kappa shape index (κ2) is 6.51. The fourth-order valence-corrected chi connectivity index (χ4v) is 1.02. The molecular formula is C8H10N2NaO5. The fraction of sp³-hybridized carbons (Fsp3) is 0.375. The molecule has 1 radical (unpaired) electrons. The van der Waals surface area contributed by atoms with E-state index in [-0.39, 0.29) is 48.1 Å². The van der Waals surface area contributed by atoms with Gasteiger partial charge in [0, 0.05) is 29.6 Å². The SMILES string of the molecule is CCOC(=O)Cc1c(O)[nH]c(=O)[nH]c1=O.[Na]. The van der Waals surface area contributed by atoms with Crippen molar-refractivity contribution < 1.29 is 14.6 Å². The molecule has 83 valence electrons. The van der Waals surface area contributed by atoms with Crippen molar-refractivity contribution in [1.29, 1.82) is 0 Å². The summed E-state index contributed by atoms with van der Waals surface area (Å²) in [5, 5.41) is 9.21. The van der Waals surface area contributed by atoms with Gasteiger partial charge in [0.2, 0.25) is 5.88 Å². The summed E-state index contributed by atoms with van der Waals surface area (Å²) in [4.78, 5) is 36.7. The topological polar surface area (TPSA) is 112 Å². The van der Waals surface area contributed by atoms with E-state index in [2.05, 4.69) is 4.74 Å². The van der Waals surface area contributed by atoms with Crippen LogP contribution < -0.4 is 11.2 Å². The monoisotopic (exact) mass is 237 g/mol. The van der Waals surface area contributed by atoms with E-state index in [0.717, 1.165) is 0 Å². The molecule has 0 atom stereocenters. The van der Waals surface area contributed by atoms with Crippen LogP contribution in [-0.2, 0) is 16.0 Å². The van der Waals surface area contributed by atoms with Gasteiger partial charge in [-0.25, -0.2) is 4.79 Å². The van der Waals surface area contributed by atoms with Crippen LogP contribution in [0.4, 0.5) is 0 Å². The standard InChI is InChI=1S/C8H10N2O5.Na/c1-2-15-5(11)3-4-6(12)9-8(14)10-7(4)13;/h2-3H2,1H3,(H3,9,10,12,13,14);. The molecule has 1 aromatic heterocycles. The predicted octanol–water partition coefficient (Wildman–Crippen LogP) is -1.51. The minimum atomic E-state index is -0.829. The van der Waals surface area contributed by atoms with Crippen molar-refractivity contribution in [2.24, 2.45) is 0 Å². The van der Waals surface area contributed by atoms with Crippen LogP contribution >= 0.6 is 0 Å². The molecule has 0 aliphatic heterocycles. The zero-order valence-electron chi connectivity index (χ0n) is 8.99. The van der Waals surface area contributed by atoms with Crippen molar-refractivity contribution in [3.8, 4) is 5.88 Å². The van der Waals surface area contributed by atoms with Gasteiger partial charge in [-0.05, 0) is 6.92 Å². The van der Waals surface area contributed by atoms with Gasteiger partial charge in [0.1, 0.15) is 0 Å². The molecule has 0 unspecified atom stereocenters. The van der Waals surface area contributed by atoms with Gasteiger partial charge < -0.3 is 9.84 Å². The summed E-state index contributed by atoms with van der Waals surface area (Å²) in [7, 11) is 0. The van der Waals surface area contributed by atoms with E-state index in [9.17, 15) is 19.5 Å². The van der Waals surface area contributed by atoms with Gasteiger partial charge in [0.05, 0.1) is 18.6 Å². The number of nitrogens with one attached hydrogen (secondary N) is 2. The largest absolute Gasteiger partial charge is 0.494 e. The van der Waals surface area contributed by atoms with Crippen molar-refractivity contribution >= 4 is 35.5 Å². The maximum absolute atomic E-state index is 11.2. The summed E-state index contributed by atoms with van der Waals surface area (Å²) in [6.07, 6.45) is -0.383. The Morgan fingerprint density at radius 2 is 2.00 bits per heavy atom. The Morgan fingerprint density at radius 1 is 1.38 bits per heavy atom. The van der Waals surface area contributed by atoms with Crippen LogP contribution in [0.1, 0.15) is 12.5 Å². The summed E-state index contributed by atoms with van der Waals surface area (Å²) in [6.45, 7) is 1.80. The molecule has 0 aliphatic rings. The average molecular weight is 237 g/mol. The number of aromatic hydroxyl groups is 1. The van der Waals surface area contributed by atoms with Crippen LogP contribution in [0.5, 0.6) is 5.88 Å². The number of aromatic nitrogens is 2. The van der Waals surface area contributed by atoms with Crippen molar-refractivity contribution in [2.45, 2.75) is 13.3 Å². The molecule has 1 heterocycles. The Morgan fingerprint density at radius 3 is 2.50 bits per heavy atom. The Bertz CT molecular complexity index is 478. The third-order valence-corrected chi connectivity index (χ3v) is 1.65. The second-order valence-electron chi connectivity index (χ2n) is 2.72. The average Bonchev–Trinajstić information content (AvgIpc) is 2.11. The van der Waals surface area contributed by atoms with Crippen LogP contribution in [0.15, 0.2) is 9.59 Å². The Labute approximate surface area is 112 Å². The fourth-order valence-electron chi connectivity index (χ4n) is 1.02. The van der Waals surface area contributed by atoms with Crippen molar-refractivity contribution in [1.82, 2.24) is 9.97 Å². The van der Waals surface area contributed by atoms with Gasteiger partial charge in [-0.3, -0.25) is 19.6 Å². The molecule has 3 N–H and O–H groups in total. The molecule has 1 rings (SSSR count). The smallest absolute Gasteiger partial charge is 0.328 e. The van der Waals surface area contributed by atoms with E-state index in [4.69, 9.17) is 0 Å². The summed E-state index contributed by atoms with van der Waals surface area (Å²) < 4.78 is 4.59. The third kappa shape index (κ3) is 3.84. The molecule has 0 saturated heterocycles. The molecule has 1 aromatic rings. The molecule has 0 aromatic carbocycles. The van der Waals surface area contributed by atoms with Crippen LogP contribution in [0.25, 0.3) is 0 Å². The molecule has 7 nitrogen and oxygen atoms in total. The Kier molecular flexibility index (Phi) is 6.09. The normalized spacial score (nSPS) is 9.31. The molecule has 0 fully saturated rings. The third-order valence-electron chi connectivity index (χ3n) is 1.65. The van der Waals surface area contributed by atoms with Crippen LogP contribution in [0.2, 0.25) is 0 Å². The van der Waals surface area contributed by atoms with Crippen LogP contribution in [-0.4, -0.2) is 57.2 Å². The number of carbonyl (C=O) groups excluding carboxylic acids is 1. The van der Waals surface area contributed by atoms with Gasteiger partial charge in [-0.15, -0.1) is 0 Å². The summed E-state index contributed by atoms with van der Waals surface area (Å²) in [5.41, 5.74) is -1.84. The van der Waals surface area contributed by atoms with Crippen LogP contribution in [0, 0.1) is 0 Å². The molecule has 0 saturated carbocycles. The predicted molar refractivity (Wildman–Crippen MR) is 55.4 cm³/mol. The van der Waals surface area contributed by atoms with Gasteiger partial charge in [0.25, 0.3) is 5.56 Å². The first-order valence-corrected chi connectivity index (χ1v) is 4.24. The minimum Gasteiger partial charge on any atom is -0.494 e. The molecule has 0 spiro atoms. The summed E-state index contributed by atoms with van der Waals surface area (Å²) in [6, 6.07) is 0. The summed E-state index contributed by atoms with van der Waals surface area (Å²) in [5.74, 6) is -1.26. The number of esters is 1. The van der Waals surface area contributed by atoms with E-state index in [1.807, 2.05) is 9.97 Å². The zero-order valence-corrected chi connectivity index (χ0v) is 11.0. The molecule has 16 heavy (non-hydrogen) atoms. The minimum absolute atomic E-state index is 0. The quantitative estimate of drug-likeness (QED) is 0.437. The number of hydrogen-bond donors (Lipinski definition) is 3. The maximum Gasteiger partial charge on any atom is 0.328 e. The number of ether oxygens (including phenoxy) is 1. The molecule has 8 heteroatoms. The van der Waals surface area contributed by atoms with E-state index in [0.29, 0.717) is 0 Å². The Balaban J connectivity index is 0.00000225. The van der Waals surface area contributed by atoms with Gasteiger partial charge in [-0.2, -0.15) is 0 Å². The second-order valence-corrected chi connectivity index (χ2v) is 2.72. The number of H-pyrrole nitrogens is 2. The first kappa shape index (κ1) is 14.9. The molecule has 0 amide bonds. The molecule has 0 bridgehead atoms. The van der Waals surface area contributed by atoms with E-state index in [1.165, 1.54) is 0 Å². The summed E-state index contributed by atoms with van der Waals surface area (Å²) >= 11 is 0. The number of carbonyl (C=O) groups is 1. The van der Waals surface area contributed by atoms with Gasteiger partial charge in [-0.1, -0.05) is 0 Å². The Hall–Kier alpha value is -1.05. The maximum atomic E-state index is 11.2. The van der Waals surface area contributed by atoms with Crippen molar-refractivity contribution in [2.75, 3.05) is 6.61 Å². The van der Waals surface area contributed by atoms with Crippen molar-refractivity contribution in [3.63, 3.8) is 0 Å². The zero-order chi connectivity index (χ0) is 11.4. The van der Waals surface area contributed by atoms with Crippen LogP contribution in [0.3, 0.4) is 0 Å². The van der Waals surface area contributed by atoms with Crippen molar-refractivity contribution in [3.05, 3.63) is 26.4 Å². The number of rotatable bonds is 3. The van der Waals surface area contributed by atoms with E-state index in [1.54, 1.807) is 6.92 Å². The van der Waals surface area contributed by atoms with Gasteiger partial charge >= 0.3 is 11.7 Å². The molecule has 0 aliphatic carbocycles. The number of aromatic amines is 2. The first-order chi connectivity index (χ1) is 7.04. The van der Waals surface area contributed by atoms with E-state index < -0.39 is 23.1 Å². The molecular weight excluding hydrogens is 227 g/mol. The number of hydrogen-bond acceptors (Lipinski definition) is 5.